The smallest absolute Gasteiger partial charge is 0.315 e. The molecule has 2 saturated heterocycles. The first-order chi connectivity index (χ1) is 21.9. The number of rotatable bonds is 23. The van der Waals surface area contributed by atoms with Crippen molar-refractivity contribution < 1.29 is 24.3 Å². The van der Waals surface area contributed by atoms with E-state index in [1.54, 1.807) is 6.08 Å². The third-order valence-electron chi connectivity index (χ3n) is 8.88. The summed E-state index contributed by atoms with van der Waals surface area (Å²) in [6.07, 6.45) is 24.0. The average molecular weight is 645 g/mol. The van der Waals surface area contributed by atoms with Crippen molar-refractivity contribution in [3.8, 4) is 0 Å². The van der Waals surface area contributed by atoms with Crippen LogP contribution >= 0.6 is 11.8 Å². The van der Waals surface area contributed by atoms with Gasteiger partial charge in [-0.25, -0.2) is 4.79 Å². The number of unbranched alkanes of at least 4 members (excludes halogenated alkanes) is 6. The van der Waals surface area contributed by atoms with Crippen molar-refractivity contribution in [2.75, 3.05) is 18.8 Å². The normalized spacial score (nSPS) is 24.7. The van der Waals surface area contributed by atoms with E-state index in [-0.39, 0.29) is 47.5 Å². The van der Waals surface area contributed by atoms with Crippen LogP contribution in [0.3, 0.4) is 0 Å². The van der Waals surface area contributed by atoms with Crippen molar-refractivity contribution in [2.45, 2.75) is 127 Å². The largest absolute Gasteiger partial charge is 0.389 e. The van der Waals surface area contributed by atoms with Gasteiger partial charge in [-0.15, -0.1) is 0 Å². The lowest BCUT2D eigenvalue weighted by molar-refractivity contribution is -0.121. The second-order valence-electron chi connectivity index (χ2n) is 12.6. The lowest BCUT2D eigenvalue weighted by Gasteiger charge is -2.16. The predicted molar refractivity (Wildman–Crippen MR) is 182 cm³/mol. The maximum Gasteiger partial charge on any atom is 0.315 e. The minimum absolute atomic E-state index is 0.0344. The SMILES string of the molecule is CCCCC[C@H](O)/C=C/[C@H]1C=CC(=O)[C@H]1C/C=C\CCCC(=O)NCCCCCNC(=O)CCCC[C@@H]1SC[C@@H]2NC(=O)N[C@@H]21. The molecule has 0 aromatic heterocycles. The summed E-state index contributed by atoms with van der Waals surface area (Å²) in [5.74, 6) is 1.19. The molecule has 0 spiro atoms. The van der Waals surface area contributed by atoms with Crippen LogP contribution in [0.5, 0.6) is 0 Å². The van der Waals surface area contributed by atoms with Crippen molar-refractivity contribution in [3.63, 3.8) is 0 Å². The van der Waals surface area contributed by atoms with Crippen molar-refractivity contribution in [1.29, 1.82) is 0 Å². The van der Waals surface area contributed by atoms with E-state index in [0.717, 1.165) is 82.8 Å². The summed E-state index contributed by atoms with van der Waals surface area (Å²) in [4.78, 5) is 48.0. The van der Waals surface area contributed by atoms with E-state index in [1.807, 2.05) is 36.1 Å². The Morgan fingerprint density at radius 1 is 0.978 bits per heavy atom. The van der Waals surface area contributed by atoms with Gasteiger partial charge in [0.05, 0.1) is 18.2 Å². The number of carbonyl (C=O) groups is 4. The van der Waals surface area contributed by atoms with Gasteiger partial charge in [-0.2, -0.15) is 11.8 Å². The van der Waals surface area contributed by atoms with Crippen LogP contribution in [0.4, 0.5) is 4.79 Å². The second kappa shape index (κ2) is 21.3. The number of hydrogen-bond acceptors (Lipinski definition) is 6. The quantitative estimate of drug-likeness (QED) is 0.0597. The molecule has 4 amide bonds. The molecular formula is C35H56N4O5S. The lowest BCUT2D eigenvalue weighted by atomic mass is 9.90. The number of amides is 4. The predicted octanol–water partition coefficient (Wildman–Crippen LogP) is 5.10. The minimum atomic E-state index is -0.449. The van der Waals surface area contributed by atoms with Crippen LogP contribution in [0.25, 0.3) is 0 Å². The molecule has 5 N–H and O–H groups in total. The summed E-state index contributed by atoms with van der Waals surface area (Å²) in [5, 5.41) is 22.5. The van der Waals surface area contributed by atoms with Crippen LogP contribution in [-0.4, -0.2) is 71.0 Å². The van der Waals surface area contributed by atoms with Crippen molar-refractivity contribution >= 4 is 35.4 Å². The fourth-order valence-corrected chi connectivity index (χ4v) is 7.70. The highest BCUT2D eigenvalue weighted by Gasteiger charge is 2.42. The first kappa shape index (κ1) is 36.9. The van der Waals surface area contributed by atoms with Crippen LogP contribution < -0.4 is 21.3 Å². The van der Waals surface area contributed by atoms with E-state index in [9.17, 15) is 24.3 Å². The Morgan fingerprint density at radius 3 is 2.49 bits per heavy atom. The van der Waals surface area contributed by atoms with Crippen LogP contribution in [0, 0.1) is 11.8 Å². The zero-order chi connectivity index (χ0) is 32.3. The van der Waals surface area contributed by atoms with Gasteiger partial charge in [-0.05, 0) is 63.9 Å². The summed E-state index contributed by atoms with van der Waals surface area (Å²) in [7, 11) is 0. The number of thioether (sulfide) groups is 1. The molecular weight excluding hydrogens is 588 g/mol. The van der Waals surface area contributed by atoms with E-state index in [2.05, 4.69) is 34.3 Å². The Bertz CT molecular complexity index is 1030. The number of nitrogens with one attached hydrogen (secondary N) is 4. The molecule has 10 heteroatoms. The maximum atomic E-state index is 12.3. The first-order valence-corrected chi connectivity index (χ1v) is 18.4. The topological polar surface area (TPSA) is 137 Å². The number of carbonyl (C=O) groups excluding carboxylic acids is 4. The molecule has 1 aliphatic carbocycles. The molecule has 2 fully saturated rings. The number of hydrogen-bond donors (Lipinski definition) is 5. The summed E-state index contributed by atoms with van der Waals surface area (Å²) in [6.45, 7) is 3.46. The Morgan fingerprint density at radius 2 is 1.73 bits per heavy atom. The van der Waals surface area contributed by atoms with Gasteiger partial charge in [0.15, 0.2) is 5.78 Å². The van der Waals surface area contributed by atoms with E-state index in [4.69, 9.17) is 0 Å². The molecule has 0 aromatic carbocycles. The maximum absolute atomic E-state index is 12.3. The van der Waals surface area contributed by atoms with E-state index in [1.165, 1.54) is 0 Å². The van der Waals surface area contributed by atoms with Gasteiger partial charge < -0.3 is 26.4 Å². The van der Waals surface area contributed by atoms with E-state index in [0.29, 0.717) is 37.6 Å². The van der Waals surface area contributed by atoms with Gasteiger partial charge in [0.1, 0.15) is 0 Å². The average Bonchev–Trinajstić information content (AvgIpc) is 3.69. The molecule has 2 aliphatic heterocycles. The molecule has 0 radical (unpaired) electrons. The molecule has 2 heterocycles. The Balaban J connectivity index is 1.11. The van der Waals surface area contributed by atoms with Gasteiger partial charge in [0, 0.05) is 48.8 Å². The second-order valence-corrected chi connectivity index (χ2v) is 13.9. The monoisotopic (exact) mass is 644 g/mol. The van der Waals surface area contributed by atoms with Gasteiger partial charge in [0.2, 0.25) is 11.8 Å². The van der Waals surface area contributed by atoms with Crippen LogP contribution in [0.1, 0.15) is 103 Å². The standard InChI is InChI=1S/C35H56N4O5S/c1-2-3-7-14-27(40)21-19-26-20-22-30(41)28(26)15-8-4-5-9-17-32(42)36-23-12-6-13-24-37-33(43)18-11-10-16-31-34-29(25-45-31)38-35(44)39-34/h4,8,19-22,26-29,31,34,40H,2-3,5-7,9-18,23-25H2,1H3,(H,36,42)(H,37,43)(H2,38,39,44)/b8-4-,21-19+/t26-,27-,28-,29-,31-,34-/m0/s1. The molecule has 9 nitrogen and oxygen atoms in total. The van der Waals surface area contributed by atoms with Crippen LogP contribution in [0.15, 0.2) is 36.5 Å². The molecule has 0 aromatic rings. The summed E-state index contributed by atoms with van der Waals surface area (Å²) in [5.41, 5.74) is 0. The number of urea groups is 1. The van der Waals surface area contributed by atoms with Gasteiger partial charge in [-0.1, -0.05) is 63.0 Å². The zero-order valence-electron chi connectivity index (χ0n) is 27.1. The molecule has 252 valence electrons. The molecule has 0 saturated carbocycles. The fourth-order valence-electron chi connectivity index (χ4n) is 6.16. The van der Waals surface area contributed by atoms with Crippen molar-refractivity contribution in [1.82, 2.24) is 21.3 Å². The number of aliphatic hydroxyl groups excluding tert-OH is 1. The molecule has 0 bridgehead atoms. The Labute approximate surface area is 274 Å². The summed E-state index contributed by atoms with van der Waals surface area (Å²) in [6, 6.07) is 0.422. The Kier molecular flexibility index (Phi) is 17.4. The molecule has 6 atom stereocenters. The molecule has 3 rings (SSSR count). The highest BCUT2D eigenvalue weighted by atomic mass is 32.2. The third-order valence-corrected chi connectivity index (χ3v) is 10.4. The van der Waals surface area contributed by atoms with E-state index < -0.39 is 6.10 Å². The third kappa shape index (κ3) is 14.2. The Hall–Kier alpha value is -2.59. The summed E-state index contributed by atoms with van der Waals surface area (Å²) < 4.78 is 0. The zero-order valence-corrected chi connectivity index (χ0v) is 28.0. The van der Waals surface area contributed by atoms with Crippen LogP contribution in [0.2, 0.25) is 0 Å². The number of allylic oxidation sites excluding steroid dienone is 5. The van der Waals surface area contributed by atoms with Crippen molar-refractivity contribution in [2.24, 2.45) is 11.8 Å². The molecule has 0 unspecified atom stereocenters. The minimum Gasteiger partial charge on any atom is -0.389 e. The first-order valence-electron chi connectivity index (χ1n) is 17.3. The number of fused-ring (bicyclic) bond motifs is 1. The van der Waals surface area contributed by atoms with Gasteiger partial charge >= 0.3 is 6.03 Å². The van der Waals surface area contributed by atoms with Crippen LogP contribution in [-0.2, 0) is 14.4 Å². The molecule has 45 heavy (non-hydrogen) atoms. The summed E-state index contributed by atoms with van der Waals surface area (Å²) >= 11 is 1.91. The fraction of sp³-hybridized carbons (Fsp3) is 0.714. The van der Waals surface area contributed by atoms with Crippen molar-refractivity contribution in [3.05, 3.63) is 36.5 Å². The number of ketones is 1. The molecule has 3 aliphatic rings. The van der Waals surface area contributed by atoms with E-state index >= 15 is 0 Å². The highest BCUT2D eigenvalue weighted by Crippen LogP contribution is 2.33. The highest BCUT2D eigenvalue weighted by molar-refractivity contribution is 8.00. The lowest BCUT2D eigenvalue weighted by Crippen LogP contribution is -2.36. The number of aliphatic hydroxyl groups is 1. The van der Waals surface area contributed by atoms with Gasteiger partial charge in [0.25, 0.3) is 0 Å². The van der Waals surface area contributed by atoms with Gasteiger partial charge in [-0.3, -0.25) is 14.4 Å².